The van der Waals surface area contributed by atoms with Crippen LogP contribution in [0.25, 0.3) is 32.1 Å². The van der Waals surface area contributed by atoms with E-state index in [4.69, 9.17) is 0 Å². The number of benzene rings is 2. The van der Waals surface area contributed by atoms with Crippen molar-refractivity contribution in [1.82, 2.24) is 4.98 Å². The number of aromatic nitrogens is 1. The van der Waals surface area contributed by atoms with E-state index in [-0.39, 0.29) is 5.56 Å². The Morgan fingerprint density at radius 1 is 0.900 bits per heavy atom. The Labute approximate surface area is 119 Å². The highest BCUT2D eigenvalue weighted by molar-refractivity contribution is 7.17. The largest absolute Gasteiger partial charge is 0.321 e. The highest BCUT2D eigenvalue weighted by atomic mass is 32.1. The molecule has 4 aromatic rings. The van der Waals surface area contributed by atoms with E-state index in [1.54, 1.807) is 0 Å². The molecule has 0 saturated carbocycles. The van der Waals surface area contributed by atoms with Gasteiger partial charge in [0.15, 0.2) is 0 Å². The van der Waals surface area contributed by atoms with Gasteiger partial charge in [-0.1, -0.05) is 42.5 Å². The molecule has 0 bridgehead atoms. The Bertz CT molecular complexity index is 967. The highest BCUT2D eigenvalue weighted by Gasteiger charge is 2.10. The third kappa shape index (κ3) is 1.60. The number of hydrogen-bond acceptors (Lipinski definition) is 2. The first kappa shape index (κ1) is 11.4. The molecule has 20 heavy (non-hydrogen) atoms. The maximum atomic E-state index is 12.1. The lowest BCUT2D eigenvalue weighted by atomic mass is 9.99. The smallest absolute Gasteiger partial charge is 0.266 e. The van der Waals surface area contributed by atoms with Gasteiger partial charge in [-0.3, -0.25) is 4.79 Å². The summed E-state index contributed by atoms with van der Waals surface area (Å²) in [6, 6.07) is 18.3. The molecule has 2 aromatic heterocycles. The molecule has 2 aromatic carbocycles. The number of fused-ring (bicyclic) bond motifs is 3. The van der Waals surface area contributed by atoms with Crippen molar-refractivity contribution in [1.29, 1.82) is 0 Å². The Kier molecular flexibility index (Phi) is 2.47. The van der Waals surface area contributed by atoms with Crippen molar-refractivity contribution in [2.24, 2.45) is 0 Å². The first-order chi connectivity index (χ1) is 9.84. The quantitative estimate of drug-likeness (QED) is 0.549. The Hall–Kier alpha value is -2.39. The van der Waals surface area contributed by atoms with Gasteiger partial charge in [-0.2, -0.15) is 0 Å². The number of pyridine rings is 1. The van der Waals surface area contributed by atoms with Crippen molar-refractivity contribution in [2.45, 2.75) is 0 Å². The van der Waals surface area contributed by atoms with Gasteiger partial charge in [0.2, 0.25) is 0 Å². The SMILES string of the molecule is O=c1[nH]c2cccc(-c3ccccc3)c2c2ccsc12. The number of rotatable bonds is 1. The molecule has 0 amide bonds. The van der Waals surface area contributed by atoms with Crippen LogP contribution in [0, 0.1) is 0 Å². The van der Waals surface area contributed by atoms with Crippen LogP contribution in [0.1, 0.15) is 0 Å². The van der Waals surface area contributed by atoms with Gasteiger partial charge in [-0.15, -0.1) is 11.3 Å². The molecule has 0 fully saturated rings. The Balaban J connectivity index is 2.23. The van der Waals surface area contributed by atoms with Crippen LogP contribution < -0.4 is 5.56 Å². The van der Waals surface area contributed by atoms with Gasteiger partial charge < -0.3 is 4.98 Å². The van der Waals surface area contributed by atoms with Crippen LogP contribution in [0.4, 0.5) is 0 Å². The lowest BCUT2D eigenvalue weighted by molar-refractivity contribution is 1.35. The molecule has 0 unspecified atom stereocenters. The van der Waals surface area contributed by atoms with E-state index < -0.39 is 0 Å². The van der Waals surface area contributed by atoms with E-state index in [0.29, 0.717) is 0 Å². The van der Waals surface area contributed by atoms with E-state index in [9.17, 15) is 4.79 Å². The summed E-state index contributed by atoms with van der Waals surface area (Å²) in [7, 11) is 0. The molecule has 0 spiro atoms. The zero-order valence-corrected chi connectivity index (χ0v) is 11.4. The van der Waals surface area contributed by atoms with Gasteiger partial charge in [-0.05, 0) is 28.6 Å². The first-order valence-electron chi connectivity index (χ1n) is 6.42. The average molecular weight is 277 g/mol. The summed E-state index contributed by atoms with van der Waals surface area (Å²) in [6.07, 6.45) is 0. The van der Waals surface area contributed by atoms with Crippen molar-refractivity contribution < 1.29 is 0 Å². The molecular weight excluding hydrogens is 266 g/mol. The van der Waals surface area contributed by atoms with Crippen molar-refractivity contribution >= 4 is 32.3 Å². The Morgan fingerprint density at radius 3 is 2.60 bits per heavy atom. The Morgan fingerprint density at radius 2 is 1.75 bits per heavy atom. The predicted octanol–water partition coefficient (Wildman–Crippen LogP) is 4.41. The summed E-state index contributed by atoms with van der Waals surface area (Å²) in [5.41, 5.74) is 3.20. The predicted molar refractivity (Wildman–Crippen MR) is 85.4 cm³/mol. The lowest BCUT2D eigenvalue weighted by Crippen LogP contribution is -2.04. The topological polar surface area (TPSA) is 32.9 Å². The fourth-order valence-corrected chi connectivity index (χ4v) is 3.46. The van der Waals surface area contributed by atoms with Crippen molar-refractivity contribution in [2.75, 3.05) is 0 Å². The van der Waals surface area contributed by atoms with Crippen molar-refractivity contribution in [3.8, 4) is 11.1 Å². The molecule has 0 aliphatic carbocycles. The van der Waals surface area contributed by atoms with Gasteiger partial charge >= 0.3 is 0 Å². The second-order valence-electron chi connectivity index (χ2n) is 4.71. The van der Waals surface area contributed by atoms with Crippen LogP contribution in [-0.2, 0) is 0 Å². The van der Waals surface area contributed by atoms with Gasteiger partial charge in [0.05, 0.1) is 0 Å². The number of hydrogen-bond donors (Lipinski definition) is 1. The van der Waals surface area contributed by atoms with Crippen LogP contribution in [0.5, 0.6) is 0 Å². The standard InChI is InChI=1S/C17H11NOS/c19-17-16-13(9-10-20-16)15-12(7-4-8-14(15)18-17)11-5-2-1-3-6-11/h1-10H,(H,18,19). The fraction of sp³-hybridized carbons (Fsp3) is 0. The van der Waals surface area contributed by atoms with Crippen LogP contribution >= 0.6 is 11.3 Å². The number of nitrogens with one attached hydrogen (secondary N) is 1. The zero-order chi connectivity index (χ0) is 13.5. The minimum Gasteiger partial charge on any atom is -0.321 e. The maximum absolute atomic E-state index is 12.1. The monoisotopic (exact) mass is 277 g/mol. The van der Waals surface area contributed by atoms with Gasteiger partial charge in [0.1, 0.15) is 4.70 Å². The number of aromatic amines is 1. The molecule has 2 heterocycles. The average Bonchev–Trinajstić information content (AvgIpc) is 2.98. The molecule has 0 atom stereocenters. The zero-order valence-electron chi connectivity index (χ0n) is 10.6. The summed E-state index contributed by atoms with van der Waals surface area (Å²) in [5.74, 6) is 0. The molecule has 0 radical (unpaired) electrons. The molecule has 1 N–H and O–H groups in total. The molecule has 0 saturated heterocycles. The van der Waals surface area contributed by atoms with E-state index in [1.807, 2.05) is 41.8 Å². The normalized spacial score (nSPS) is 11.2. The number of H-pyrrole nitrogens is 1. The maximum Gasteiger partial charge on any atom is 0.266 e. The van der Waals surface area contributed by atoms with Gasteiger partial charge in [0, 0.05) is 16.3 Å². The third-order valence-electron chi connectivity index (χ3n) is 3.54. The summed E-state index contributed by atoms with van der Waals surface area (Å²) < 4.78 is 0.792. The first-order valence-corrected chi connectivity index (χ1v) is 7.30. The van der Waals surface area contributed by atoms with Gasteiger partial charge in [-0.25, -0.2) is 0 Å². The molecule has 0 aliphatic rings. The van der Waals surface area contributed by atoms with E-state index >= 15 is 0 Å². The van der Waals surface area contributed by atoms with E-state index in [1.165, 1.54) is 11.3 Å². The van der Waals surface area contributed by atoms with E-state index in [2.05, 4.69) is 23.2 Å². The highest BCUT2D eigenvalue weighted by Crippen LogP contribution is 2.33. The van der Waals surface area contributed by atoms with Crippen LogP contribution in [0.2, 0.25) is 0 Å². The summed E-state index contributed by atoms with van der Waals surface area (Å²) >= 11 is 1.49. The third-order valence-corrected chi connectivity index (χ3v) is 4.45. The summed E-state index contributed by atoms with van der Waals surface area (Å²) in [5, 5.41) is 4.13. The van der Waals surface area contributed by atoms with Crippen molar-refractivity contribution in [3.05, 3.63) is 70.3 Å². The second kappa shape index (κ2) is 4.32. The molecule has 96 valence electrons. The molecule has 3 heteroatoms. The van der Waals surface area contributed by atoms with Crippen LogP contribution in [-0.4, -0.2) is 4.98 Å². The summed E-state index contributed by atoms with van der Waals surface area (Å²) in [4.78, 5) is 15.0. The minimum atomic E-state index is -0.00675. The second-order valence-corrected chi connectivity index (χ2v) is 5.63. The molecule has 2 nitrogen and oxygen atoms in total. The minimum absolute atomic E-state index is 0.00675. The molecule has 0 aliphatic heterocycles. The summed E-state index contributed by atoms with van der Waals surface area (Å²) in [6.45, 7) is 0. The van der Waals surface area contributed by atoms with Crippen LogP contribution in [0.15, 0.2) is 64.8 Å². The van der Waals surface area contributed by atoms with Gasteiger partial charge in [0.25, 0.3) is 5.56 Å². The molecular formula is C17H11NOS. The number of thiophene rings is 1. The van der Waals surface area contributed by atoms with Crippen molar-refractivity contribution in [3.63, 3.8) is 0 Å². The lowest BCUT2D eigenvalue weighted by Gasteiger charge is -2.08. The van der Waals surface area contributed by atoms with E-state index in [0.717, 1.165) is 32.1 Å². The molecule has 4 rings (SSSR count). The van der Waals surface area contributed by atoms with Crippen LogP contribution in [0.3, 0.4) is 0 Å². The fourth-order valence-electron chi connectivity index (χ4n) is 2.67.